The van der Waals surface area contributed by atoms with Gasteiger partial charge in [0, 0.05) is 29.0 Å². The maximum absolute atomic E-state index is 12.5. The van der Waals surface area contributed by atoms with E-state index in [2.05, 4.69) is 0 Å². The first-order valence-electron chi connectivity index (χ1n) is 6.57. The van der Waals surface area contributed by atoms with Crippen LogP contribution < -0.4 is 11.5 Å². The minimum absolute atomic E-state index is 0.151. The van der Waals surface area contributed by atoms with Crippen molar-refractivity contribution in [3.63, 3.8) is 0 Å². The van der Waals surface area contributed by atoms with Crippen molar-refractivity contribution in [2.75, 3.05) is 18.5 Å². The Labute approximate surface area is 129 Å². The Morgan fingerprint density at radius 3 is 2.29 bits per heavy atom. The third-order valence-corrected chi connectivity index (χ3v) is 3.83. The summed E-state index contributed by atoms with van der Waals surface area (Å²) in [6, 6.07) is 12.2. The van der Waals surface area contributed by atoms with Gasteiger partial charge in [-0.3, -0.25) is 4.79 Å². The molecule has 0 aromatic heterocycles. The van der Waals surface area contributed by atoms with Crippen LogP contribution in [0.5, 0.6) is 0 Å². The summed E-state index contributed by atoms with van der Waals surface area (Å²) in [5.74, 6) is -0.151. The second-order valence-electron chi connectivity index (χ2n) is 5.00. The lowest BCUT2D eigenvalue weighted by Crippen LogP contribution is -2.30. The van der Waals surface area contributed by atoms with Crippen molar-refractivity contribution in [1.82, 2.24) is 4.90 Å². The Hall–Kier alpha value is -2.20. The van der Waals surface area contributed by atoms with Crippen LogP contribution >= 0.6 is 11.6 Å². The quantitative estimate of drug-likeness (QED) is 0.854. The molecule has 0 saturated heterocycles. The van der Waals surface area contributed by atoms with E-state index < -0.39 is 0 Å². The number of nitrogen functional groups attached to an aromatic ring is 2. The summed E-state index contributed by atoms with van der Waals surface area (Å²) in [7, 11) is 1.73. The molecule has 110 valence electrons. The first-order chi connectivity index (χ1) is 9.90. The van der Waals surface area contributed by atoms with Crippen LogP contribution in [0.3, 0.4) is 0 Å². The SMILES string of the molecule is CC(c1ccccc1Cl)N(C)C(=O)c1cc(N)cc(N)c1. The smallest absolute Gasteiger partial charge is 0.254 e. The number of rotatable bonds is 3. The normalized spacial score (nSPS) is 12.0. The van der Waals surface area contributed by atoms with Crippen molar-refractivity contribution in [3.05, 3.63) is 58.6 Å². The molecule has 21 heavy (non-hydrogen) atoms. The Kier molecular flexibility index (Phi) is 4.38. The molecule has 0 fully saturated rings. The number of carbonyl (C=O) groups excluding carboxylic acids is 1. The number of nitrogens with two attached hydrogens (primary N) is 2. The molecule has 0 aliphatic carbocycles. The molecule has 0 spiro atoms. The molecule has 1 unspecified atom stereocenters. The van der Waals surface area contributed by atoms with Gasteiger partial charge >= 0.3 is 0 Å². The van der Waals surface area contributed by atoms with E-state index in [0.717, 1.165) is 5.56 Å². The fraction of sp³-hybridized carbons (Fsp3) is 0.188. The van der Waals surface area contributed by atoms with Gasteiger partial charge in [-0.2, -0.15) is 0 Å². The number of halogens is 1. The molecule has 0 radical (unpaired) electrons. The van der Waals surface area contributed by atoms with Gasteiger partial charge in [0.1, 0.15) is 0 Å². The molecule has 2 aromatic rings. The fourth-order valence-corrected chi connectivity index (χ4v) is 2.50. The van der Waals surface area contributed by atoms with E-state index in [0.29, 0.717) is 22.0 Å². The Morgan fingerprint density at radius 2 is 1.71 bits per heavy atom. The molecule has 5 heteroatoms. The number of amides is 1. The van der Waals surface area contributed by atoms with Gasteiger partial charge in [0.15, 0.2) is 0 Å². The van der Waals surface area contributed by atoms with E-state index in [4.69, 9.17) is 23.1 Å². The highest BCUT2D eigenvalue weighted by molar-refractivity contribution is 6.31. The van der Waals surface area contributed by atoms with Gasteiger partial charge in [-0.15, -0.1) is 0 Å². The second-order valence-corrected chi connectivity index (χ2v) is 5.41. The van der Waals surface area contributed by atoms with Gasteiger partial charge in [-0.05, 0) is 36.8 Å². The van der Waals surface area contributed by atoms with E-state index in [1.54, 1.807) is 30.1 Å². The van der Waals surface area contributed by atoms with Crippen molar-refractivity contribution in [3.8, 4) is 0 Å². The molecule has 0 saturated carbocycles. The van der Waals surface area contributed by atoms with Crippen LogP contribution in [0.1, 0.15) is 28.9 Å². The van der Waals surface area contributed by atoms with Gasteiger partial charge in [-0.1, -0.05) is 29.8 Å². The third-order valence-electron chi connectivity index (χ3n) is 3.48. The number of benzene rings is 2. The van der Waals surface area contributed by atoms with Crippen molar-refractivity contribution in [1.29, 1.82) is 0 Å². The van der Waals surface area contributed by atoms with E-state index in [1.807, 2.05) is 31.2 Å². The molecule has 0 heterocycles. The molecule has 1 amide bonds. The minimum Gasteiger partial charge on any atom is -0.399 e. The lowest BCUT2D eigenvalue weighted by molar-refractivity contribution is 0.0743. The highest BCUT2D eigenvalue weighted by atomic mass is 35.5. The number of anilines is 2. The molecule has 0 bridgehead atoms. The van der Waals surface area contributed by atoms with Gasteiger partial charge < -0.3 is 16.4 Å². The standard InChI is InChI=1S/C16H18ClN3O/c1-10(14-5-3-4-6-15(14)17)20(2)16(21)11-7-12(18)9-13(19)8-11/h3-10H,18-19H2,1-2H3. The second kappa shape index (κ2) is 6.06. The average Bonchev–Trinajstić information content (AvgIpc) is 2.44. The monoisotopic (exact) mass is 303 g/mol. The maximum atomic E-state index is 12.5. The summed E-state index contributed by atoms with van der Waals surface area (Å²) in [5.41, 5.74) is 13.8. The predicted octanol–water partition coefficient (Wildman–Crippen LogP) is 3.34. The Bertz CT molecular complexity index is 652. The van der Waals surface area contributed by atoms with Crippen LogP contribution in [0, 0.1) is 0 Å². The van der Waals surface area contributed by atoms with Crippen molar-refractivity contribution >= 4 is 28.9 Å². The Balaban J connectivity index is 2.28. The van der Waals surface area contributed by atoms with E-state index >= 15 is 0 Å². The van der Waals surface area contributed by atoms with Gasteiger partial charge in [0.25, 0.3) is 5.91 Å². The molecule has 4 nitrogen and oxygen atoms in total. The minimum atomic E-state index is -0.158. The van der Waals surface area contributed by atoms with Crippen LogP contribution in [0.25, 0.3) is 0 Å². The topological polar surface area (TPSA) is 72.3 Å². The summed E-state index contributed by atoms with van der Waals surface area (Å²) in [6.45, 7) is 1.93. The fourth-order valence-electron chi connectivity index (χ4n) is 2.20. The first kappa shape index (κ1) is 15.2. The number of carbonyl (C=O) groups is 1. The zero-order valence-corrected chi connectivity index (χ0v) is 12.8. The highest BCUT2D eigenvalue weighted by Gasteiger charge is 2.21. The molecule has 0 aliphatic heterocycles. The zero-order valence-electron chi connectivity index (χ0n) is 12.0. The number of hydrogen-bond donors (Lipinski definition) is 2. The van der Waals surface area contributed by atoms with E-state index in [9.17, 15) is 4.79 Å². The highest BCUT2D eigenvalue weighted by Crippen LogP contribution is 2.27. The lowest BCUT2D eigenvalue weighted by Gasteiger charge is -2.26. The molecule has 2 rings (SSSR count). The first-order valence-corrected chi connectivity index (χ1v) is 6.95. The molecular weight excluding hydrogens is 286 g/mol. The molecule has 4 N–H and O–H groups in total. The Morgan fingerprint density at radius 1 is 1.14 bits per heavy atom. The summed E-state index contributed by atoms with van der Waals surface area (Å²) >= 11 is 6.19. The third kappa shape index (κ3) is 3.28. The van der Waals surface area contributed by atoms with Crippen LogP contribution in [0.2, 0.25) is 5.02 Å². The van der Waals surface area contributed by atoms with Crippen LogP contribution in [0.15, 0.2) is 42.5 Å². The largest absolute Gasteiger partial charge is 0.399 e. The number of nitrogens with zero attached hydrogens (tertiary/aromatic N) is 1. The van der Waals surface area contributed by atoms with E-state index in [-0.39, 0.29) is 11.9 Å². The van der Waals surface area contributed by atoms with E-state index in [1.165, 1.54) is 0 Å². The van der Waals surface area contributed by atoms with Crippen LogP contribution in [-0.2, 0) is 0 Å². The summed E-state index contributed by atoms with van der Waals surface area (Å²) in [5, 5.41) is 0.636. The van der Waals surface area contributed by atoms with Crippen molar-refractivity contribution < 1.29 is 4.79 Å². The van der Waals surface area contributed by atoms with Gasteiger partial charge in [0.2, 0.25) is 0 Å². The van der Waals surface area contributed by atoms with Crippen molar-refractivity contribution in [2.45, 2.75) is 13.0 Å². The summed E-state index contributed by atoms with van der Waals surface area (Å²) in [6.07, 6.45) is 0. The predicted molar refractivity (Wildman–Crippen MR) is 87.2 cm³/mol. The van der Waals surface area contributed by atoms with Crippen molar-refractivity contribution in [2.24, 2.45) is 0 Å². The molecular formula is C16H18ClN3O. The van der Waals surface area contributed by atoms with Crippen LogP contribution in [-0.4, -0.2) is 17.9 Å². The number of hydrogen-bond acceptors (Lipinski definition) is 3. The molecule has 0 aliphatic rings. The average molecular weight is 304 g/mol. The van der Waals surface area contributed by atoms with Gasteiger partial charge in [-0.25, -0.2) is 0 Å². The van der Waals surface area contributed by atoms with Crippen LogP contribution in [0.4, 0.5) is 11.4 Å². The zero-order chi connectivity index (χ0) is 15.6. The molecule has 2 aromatic carbocycles. The lowest BCUT2D eigenvalue weighted by atomic mass is 10.1. The summed E-state index contributed by atoms with van der Waals surface area (Å²) < 4.78 is 0. The van der Waals surface area contributed by atoms with Gasteiger partial charge in [0.05, 0.1) is 6.04 Å². The summed E-state index contributed by atoms with van der Waals surface area (Å²) in [4.78, 5) is 14.2. The molecule has 1 atom stereocenters. The maximum Gasteiger partial charge on any atom is 0.254 e.